The number of hydrogen-bond donors (Lipinski definition) is 1. The molecule has 0 spiro atoms. The molecule has 8 heteroatoms. The number of rotatable bonds is 4. The van der Waals surface area contributed by atoms with Crippen LogP contribution in [0.3, 0.4) is 0 Å². The van der Waals surface area contributed by atoms with E-state index in [1.807, 2.05) is 10.3 Å². The zero-order valence-electron chi connectivity index (χ0n) is 15.6. The third-order valence-electron chi connectivity index (χ3n) is 5.57. The molecule has 2 aliphatic heterocycles. The normalized spacial score (nSPS) is 21.2. The highest BCUT2D eigenvalue weighted by molar-refractivity contribution is 7.09. The minimum atomic E-state index is -0.225. The lowest BCUT2D eigenvalue weighted by Gasteiger charge is -2.20. The van der Waals surface area contributed by atoms with Crippen molar-refractivity contribution < 1.29 is 9.18 Å². The summed E-state index contributed by atoms with van der Waals surface area (Å²) in [7, 11) is 0. The van der Waals surface area contributed by atoms with Gasteiger partial charge < -0.3 is 10.2 Å². The largest absolute Gasteiger partial charge is 0.342 e. The van der Waals surface area contributed by atoms with Gasteiger partial charge in [0, 0.05) is 24.9 Å². The molecule has 4 nitrogen and oxygen atoms in total. The Morgan fingerprint density at radius 1 is 1.14 bits per heavy atom. The van der Waals surface area contributed by atoms with Crippen molar-refractivity contribution in [2.45, 2.75) is 25.7 Å². The fourth-order valence-corrected chi connectivity index (χ4v) is 4.85. The molecule has 4 rings (SSSR count). The van der Waals surface area contributed by atoms with E-state index in [1.165, 1.54) is 12.1 Å². The van der Waals surface area contributed by atoms with Gasteiger partial charge in [-0.1, -0.05) is 12.1 Å². The lowest BCUT2D eigenvalue weighted by molar-refractivity contribution is -0.130. The van der Waals surface area contributed by atoms with Crippen LogP contribution in [0.1, 0.15) is 29.1 Å². The minimum absolute atomic E-state index is 0. The monoisotopic (exact) mass is 445 g/mol. The second-order valence-corrected chi connectivity index (χ2v) is 8.29. The third kappa shape index (κ3) is 5.66. The molecule has 0 bridgehead atoms. The molecule has 2 atom stereocenters. The van der Waals surface area contributed by atoms with Crippen LogP contribution >= 0.6 is 36.2 Å². The van der Waals surface area contributed by atoms with Crippen LogP contribution in [0, 0.1) is 17.7 Å². The van der Waals surface area contributed by atoms with Crippen LogP contribution < -0.4 is 5.32 Å². The van der Waals surface area contributed by atoms with E-state index in [2.05, 4.69) is 10.3 Å². The average molecular weight is 446 g/mol. The predicted molar refractivity (Wildman–Crippen MR) is 115 cm³/mol. The number of thiazole rings is 1. The molecule has 1 aromatic heterocycles. The van der Waals surface area contributed by atoms with E-state index in [0.717, 1.165) is 67.1 Å². The molecule has 2 aromatic rings. The summed E-state index contributed by atoms with van der Waals surface area (Å²) in [6, 6.07) is 6.50. The van der Waals surface area contributed by atoms with Gasteiger partial charge in [0.2, 0.25) is 5.91 Å². The maximum atomic E-state index is 13.0. The van der Waals surface area contributed by atoms with Crippen molar-refractivity contribution in [3.8, 4) is 0 Å². The van der Waals surface area contributed by atoms with Gasteiger partial charge in [-0.05, 0) is 55.5 Å². The Balaban J connectivity index is 0.00000140. The van der Waals surface area contributed by atoms with E-state index in [-0.39, 0.29) is 36.5 Å². The molecular formula is C20H26Cl2FN3OS. The van der Waals surface area contributed by atoms with E-state index in [1.54, 1.807) is 23.5 Å². The lowest BCUT2D eigenvalue weighted by atomic mass is 9.92. The number of carbonyl (C=O) groups is 1. The molecule has 1 aromatic carbocycles. The van der Waals surface area contributed by atoms with Crippen LogP contribution in [-0.2, 0) is 17.6 Å². The fourth-order valence-electron chi connectivity index (χ4n) is 4.02. The van der Waals surface area contributed by atoms with Crippen LogP contribution in [0.15, 0.2) is 29.6 Å². The van der Waals surface area contributed by atoms with Gasteiger partial charge in [0.15, 0.2) is 0 Å². The van der Waals surface area contributed by atoms with Crippen LogP contribution in [0.2, 0.25) is 0 Å². The summed E-state index contributed by atoms with van der Waals surface area (Å²) in [6.07, 6.45) is 3.28. The van der Waals surface area contributed by atoms with Gasteiger partial charge >= 0.3 is 0 Å². The summed E-state index contributed by atoms with van der Waals surface area (Å²) >= 11 is 1.57. The number of aromatic nitrogens is 1. The maximum Gasteiger partial charge on any atom is 0.228 e. The fraction of sp³-hybridized carbons (Fsp3) is 0.500. The summed E-state index contributed by atoms with van der Waals surface area (Å²) in [6.45, 7) is 3.94. The zero-order valence-corrected chi connectivity index (χ0v) is 18.1. The number of carbonyl (C=O) groups excluding carboxylic acids is 1. The van der Waals surface area contributed by atoms with Gasteiger partial charge in [0.25, 0.3) is 0 Å². The molecule has 1 amide bonds. The summed E-state index contributed by atoms with van der Waals surface area (Å²) in [5.74, 6) is 1.43. The highest BCUT2D eigenvalue weighted by atomic mass is 35.5. The summed E-state index contributed by atoms with van der Waals surface area (Å²) < 4.78 is 13.0. The van der Waals surface area contributed by atoms with Crippen LogP contribution in [-0.4, -0.2) is 42.0 Å². The quantitative estimate of drug-likeness (QED) is 0.779. The van der Waals surface area contributed by atoms with Crippen molar-refractivity contribution in [2.24, 2.45) is 11.8 Å². The van der Waals surface area contributed by atoms with E-state index in [0.29, 0.717) is 12.8 Å². The van der Waals surface area contributed by atoms with Crippen molar-refractivity contribution in [3.63, 3.8) is 0 Å². The molecular weight excluding hydrogens is 420 g/mol. The maximum absolute atomic E-state index is 13.0. The summed E-state index contributed by atoms with van der Waals surface area (Å²) in [4.78, 5) is 19.3. The Morgan fingerprint density at radius 2 is 1.79 bits per heavy atom. The van der Waals surface area contributed by atoms with E-state index in [4.69, 9.17) is 0 Å². The molecule has 28 heavy (non-hydrogen) atoms. The topological polar surface area (TPSA) is 45.2 Å². The molecule has 2 saturated heterocycles. The van der Waals surface area contributed by atoms with Gasteiger partial charge in [0.1, 0.15) is 5.82 Å². The molecule has 3 heterocycles. The Hall–Kier alpha value is -1.21. The number of hydrogen-bond acceptors (Lipinski definition) is 4. The van der Waals surface area contributed by atoms with Gasteiger partial charge in [-0.2, -0.15) is 0 Å². The van der Waals surface area contributed by atoms with Crippen molar-refractivity contribution in [3.05, 3.63) is 51.7 Å². The molecule has 154 valence electrons. The molecule has 2 fully saturated rings. The zero-order chi connectivity index (χ0) is 17.9. The average Bonchev–Trinajstić information content (AvgIpc) is 3.22. The number of nitrogens with zero attached hydrogens (tertiary/aromatic N) is 2. The Morgan fingerprint density at radius 3 is 2.43 bits per heavy atom. The molecule has 0 unspecified atom stereocenters. The van der Waals surface area contributed by atoms with Crippen molar-refractivity contribution in [1.82, 2.24) is 15.2 Å². The third-order valence-corrected chi connectivity index (χ3v) is 6.47. The van der Waals surface area contributed by atoms with E-state index < -0.39 is 0 Å². The van der Waals surface area contributed by atoms with Gasteiger partial charge in [-0.3, -0.25) is 4.79 Å². The SMILES string of the molecule is Cl.Cl.O=C(Cc1csc(Cc2ccc(F)cc2)n1)N1CC[C@@H]2CNC[C@@H]2CC1. The highest BCUT2D eigenvalue weighted by Gasteiger charge is 2.31. The number of benzene rings is 1. The number of halogens is 3. The van der Waals surface area contributed by atoms with Gasteiger partial charge in [-0.15, -0.1) is 36.2 Å². The highest BCUT2D eigenvalue weighted by Crippen LogP contribution is 2.27. The Kier molecular flexibility index (Phi) is 8.68. The van der Waals surface area contributed by atoms with Crippen molar-refractivity contribution >= 4 is 42.1 Å². The second kappa shape index (κ2) is 10.5. The summed E-state index contributed by atoms with van der Waals surface area (Å²) in [5.41, 5.74) is 1.88. The number of likely N-dealkylation sites (tertiary alicyclic amines) is 1. The van der Waals surface area contributed by atoms with Crippen LogP contribution in [0.4, 0.5) is 4.39 Å². The molecule has 0 saturated carbocycles. The van der Waals surface area contributed by atoms with Gasteiger partial charge in [-0.25, -0.2) is 9.37 Å². The molecule has 0 radical (unpaired) electrons. The first-order chi connectivity index (χ1) is 12.7. The molecule has 0 aliphatic carbocycles. The minimum Gasteiger partial charge on any atom is -0.342 e. The van der Waals surface area contributed by atoms with Gasteiger partial charge in [0.05, 0.1) is 17.1 Å². The van der Waals surface area contributed by atoms with Crippen LogP contribution in [0.25, 0.3) is 0 Å². The van der Waals surface area contributed by atoms with E-state index >= 15 is 0 Å². The Bertz CT molecular complexity index is 757. The van der Waals surface area contributed by atoms with Crippen molar-refractivity contribution in [1.29, 1.82) is 0 Å². The molecule has 2 aliphatic rings. The first-order valence-electron chi connectivity index (χ1n) is 9.33. The van der Waals surface area contributed by atoms with E-state index in [9.17, 15) is 9.18 Å². The predicted octanol–water partition coefficient (Wildman–Crippen LogP) is 3.72. The van der Waals surface area contributed by atoms with Crippen molar-refractivity contribution in [2.75, 3.05) is 26.2 Å². The number of fused-ring (bicyclic) bond motifs is 1. The second-order valence-electron chi connectivity index (χ2n) is 7.35. The lowest BCUT2D eigenvalue weighted by Crippen LogP contribution is -2.34. The first kappa shape index (κ1) is 23.1. The smallest absolute Gasteiger partial charge is 0.228 e. The first-order valence-corrected chi connectivity index (χ1v) is 10.2. The summed E-state index contributed by atoms with van der Waals surface area (Å²) in [5, 5.41) is 6.42. The number of nitrogens with one attached hydrogen (secondary N) is 1. The van der Waals surface area contributed by atoms with Crippen LogP contribution in [0.5, 0.6) is 0 Å². The standard InChI is InChI=1S/C20H24FN3OS.2ClH/c21-17-3-1-14(2-4-17)9-19-23-18(13-26-19)10-20(25)24-7-5-15-11-22-12-16(15)6-8-24;;/h1-4,13,15-16,22H,5-12H2;2*1H/t15-,16+;;. The Labute approximate surface area is 181 Å². The number of amides is 1. The molecule has 1 N–H and O–H groups in total.